The molecule has 2 aromatic carbocycles. The number of fused-ring (bicyclic) bond motifs is 1. The average Bonchev–Trinajstić information content (AvgIpc) is 2.94. The second-order valence-electron chi connectivity index (χ2n) is 5.70. The van der Waals surface area contributed by atoms with Gasteiger partial charge >= 0.3 is 0 Å². The first-order valence-electron chi connectivity index (χ1n) is 7.76. The average molecular weight is 378 g/mol. The van der Waals surface area contributed by atoms with E-state index in [1.165, 1.54) is 0 Å². The molecule has 6 heteroatoms. The number of benzene rings is 2. The van der Waals surface area contributed by atoms with Crippen molar-refractivity contribution in [1.29, 1.82) is 0 Å². The number of nitrogens with one attached hydrogen (secondary N) is 1. The van der Waals surface area contributed by atoms with Crippen LogP contribution in [-0.4, -0.2) is 13.0 Å². The lowest BCUT2D eigenvalue weighted by molar-refractivity contribution is 0.0907. The van der Waals surface area contributed by atoms with Gasteiger partial charge in [-0.05, 0) is 30.7 Å². The van der Waals surface area contributed by atoms with Gasteiger partial charge in [0, 0.05) is 28.1 Å². The summed E-state index contributed by atoms with van der Waals surface area (Å²) < 4.78 is 11.0. The Labute approximate surface area is 155 Å². The lowest BCUT2D eigenvalue weighted by Crippen LogP contribution is -2.27. The molecule has 130 valence electrons. The molecule has 0 radical (unpaired) electrons. The van der Waals surface area contributed by atoms with Crippen molar-refractivity contribution < 1.29 is 13.9 Å². The smallest absolute Gasteiger partial charge is 0.287 e. The molecular weight excluding hydrogens is 361 g/mol. The van der Waals surface area contributed by atoms with Crippen molar-refractivity contribution >= 4 is 40.1 Å². The number of rotatable bonds is 5. The van der Waals surface area contributed by atoms with Gasteiger partial charge in [0.05, 0.1) is 12.6 Å². The molecule has 1 atom stereocenters. The number of carbonyl (C=O) groups excluding carboxylic acids is 1. The third-order valence-electron chi connectivity index (χ3n) is 3.97. The number of carbonyl (C=O) groups is 1. The summed E-state index contributed by atoms with van der Waals surface area (Å²) in [6, 6.07) is 12.4. The van der Waals surface area contributed by atoms with Crippen LogP contribution < -0.4 is 5.32 Å². The van der Waals surface area contributed by atoms with E-state index in [-0.39, 0.29) is 24.3 Å². The van der Waals surface area contributed by atoms with Crippen LogP contribution in [0.2, 0.25) is 10.0 Å². The summed E-state index contributed by atoms with van der Waals surface area (Å²) in [5.74, 6) is -0.0678. The second-order valence-corrected chi connectivity index (χ2v) is 6.54. The Bertz CT molecular complexity index is 920. The molecule has 3 aromatic rings. The van der Waals surface area contributed by atoms with Gasteiger partial charge in [-0.3, -0.25) is 4.79 Å². The molecule has 0 fully saturated rings. The Morgan fingerprint density at radius 3 is 2.72 bits per heavy atom. The minimum atomic E-state index is -0.318. The number of amides is 1. The van der Waals surface area contributed by atoms with Crippen LogP contribution in [0.25, 0.3) is 11.0 Å². The molecule has 1 heterocycles. The zero-order valence-electron chi connectivity index (χ0n) is 13.8. The number of ether oxygens (including phenoxy) is 1. The zero-order chi connectivity index (χ0) is 18.0. The van der Waals surface area contributed by atoms with E-state index in [2.05, 4.69) is 5.32 Å². The van der Waals surface area contributed by atoms with Gasteiger partial charge in [0.15, 0.2) is 5.76 Å². The van der Waals surface area contributed by atoms with E-state index < -0.39 is 0 Å². The highest BCUT2D eigenvalue weighted by Crippen LogP contribution is 2.29. The predicted molar refractivity (Wildman–Crippen MR) is 99.3 cm³/mol. The molecule has 0 saturated carbocycles. The van der Waals surface area contributed by atoms with Crippen molar-refractivity contribution in [3.05, 3.63) is 69.4 Å². The Morgan fingerprint density at radius 2 is 2.00 bits per heavy atom. The quantitative estimate of drug-likeness (QED) is 0.649. The lowest BCUT2D eigenvalue weighted by Gasteiger charge is -2.15. The van der Waals surface area contributed by atoms with Crippen LogP contribution in [0.3, 0.4) is 0 Å². The largest absolute Gasteiger partial charge is 0.451 e. The molecule has 1 amide bonds. The van der Waals surface area contributed by atoms with E-state index in [1.807, 2.05) is 31.2 Å². The molecule has 1 aromatic heterocycles. The van der Waals surface area contributed by atoms with Gasteiger partial charge in [0.25, 0.3) is 5.91 Å². The summed E-state index contributed by atoms with van der Waals surface area (Å²) in [5.41, 5.74) is 2.16. The predicted octanol–water partition coefficient (Wildman–Crippen LogP) is 5.38. The number of furan rings is 1. The Balaban J connectivity index is 1.90. The van der Waals surface area contributed by atoms with Crippen LogP contribution >= 0.6 is 23.2 Å². The molecule has 0 aliphatic heterocycles. The van der Waals surface area contributed by atoms with Crippen molar-refractivity contribution in [2.75, 3.05) is 7.11 Å². The van der Waals surface area contributed by atoms with Crippen molar-refractivity contribution in [2.45, 2.75) is 19.6 Å². The van der Waals surface area contributed by atoms with Crippen molar-refractivity contribution in [3.63, 3.8) is 0 Å². The molecule has 0 bridgehead atoms. The summed E-state index contributed by atoms with van der Waals surface area (Å²) in [5, 5.41) is 4.83. The first-order valence-corrected chi connectivity index (χ1v) is 8.52. The van der Waals surface area contributed by atoms with Gasteiger partial charge in [-0.2, -0.15) is 0 Å². The fraction of sp³-hybridized carbons (Fsp3) is 0.211. The minimum Gasteiger partial charge on any atom is -0.451 e. The van der Waals surface area contributed by atoms with E-state index in [9.17, 15) is 4.79 Å². The van der Waals surface area contributed by atoms with Crippen LogP contribution in [0, 0.1) is 0 Å². The molecule has 25 heavy (non-hydrogen) atoms. The van der Waals surface area contributed by atoms with Gasteiger partial charge in [-0.25, -0.2) is 0 Å². The molecule has 0 saturated heterocycles. The number of halogens is 2. The fourth-order valence-electron chi connectivity index (χ4n) is 2.76. The Kier molecular flexibility index (Phi) is 5.33. The molecule has 1 unspecified atom stereocenters. The van der Waals surface area contributed by atoms with Crippen LogP contribution in [-0.2, 0) is 11.3 Å². The summed E-state index contributed by atoms with van der Waals surface area (Å²) in [4.78, 5) is 12.7. The normalized spacial score (nSPS) is 12.3. The number of hydrogen-bond donors (Lipinski definition) is 1. The number of methoxy groups -OCH3 is 1. The highest BCUT2D eigenvalue weighted by atomic mass is 35.5. The van der Waals surface area contributed by atoms with Crippen LogP contribution in [0.15, 0.2) is 46.9 Å². The first-order chi connectivity index (χ1) is 12.0. The topological polar surface area (TPSA) is 51.5 Å². The Hall–Kier alpha value is -2.01. The SMILES string of the molecule is COCc1c(C(=O)NC(C)c2ccc(Cl)cc2Cl)oc2ccccc12. The fourth-order valence-corrected chi connectivity index (χ4v) is 3.33. The molecule has 1 N–H and O–H groups in total. The second kappa shape index (κ2) is 7.48. The van der Waals surface area contributed by atoms with Crippen LogP contribution in [0.1, 0.15) is 34.6 Å². The van der Waals surface area contributed by atoms with Crippen molar-refractivity contribution in [2.24, 2.45) is 0 Å². The monoisotopic (exact) mass is 377 g/mol. The summed E-state index contributed by atoms with van der Waals surface area (Å²) in [7, 11) is 1.58. The summed E-state index contributed by atoms with van der Waals surface area (Å²) >= 11 is 12.1. The van der Waals surface area contributed by atoms with Crippen LogP contribution in [0.4, 0.5) is 0 Å². The van der Waals surface area contributed by atoms with Gasteiger partial charge in [0.1, 0.15) is 5.58 Å². The van der Waals surface area contributed by atoms with Gasteiger partial charge in [-0.1, -0.05) is 47.5 Å². The highest BCUT2D eigenvalue weighted by molar-refractivity contribution is 6.35. The van der Waals surface area contributed by atoms with Crippen LogP contribution in [0.5, 0.6) is 0 Å². The van der Waals surface area contributed by atoms with Gasteiger partial charge in [0.2, 0.25) is 0 Å². The van der Waals surface area contributed by atoms with E-state index >= 15 is 0 Å². The summed E-state index contributed by atoms with van der Waals surface area (Å²) in [6.45, 7) is 2.14. The maximum Gasteiger partial charge on any atom is 0.287 e. The van der Waals surface area contributed by atoms with Crippen molar-refractivity contribution in [3.8, 4) is 0 Å². The molecular formula is C19H17Cl2NO3. The Morgan fingerprint density at radius 1 is 1.24 bits per heavy atom. The first kappa shape index (κ1) is 17.8. The van der Waals surface area contributed by atoms with Gasteiger partial charge < -0.3 is 14.5 Å². The highest BCUT2D eigenvalue weighted by Gasteiger charge is 2.22. The molecule has 0 spiro atoms. The third kappa shape index (κ3) is 3.66. The molecule has 3 rings (SSSR count). The van der Waals surface area contributed by atoms with E-state index in [4.69, 9.17) is 32.4 Å². The van der Waals surface area contributed by atoms with E-state index in [1.54, 1.807) is 25.3 Å². The summed E-state index contributed by atoms with van der Waals surface area (Å²) in [6.07, 6.45) is 0. The number of para-hydroxylation sites is 1. The van der Waals surface area contributed by atoms with E-state index in [0.717, 1.165) is 16.5 Å². The standard InChI is InChI=1S/C19H17Cl2NO3/c1-11(13-8-7-12(20)9-16(13)21)22-19(23)18-15(10-24-2)14-5-3-4-6-17(14)25-18/h3-9,11H,10H2,1-2H3,(H,22,23). The molecule has 0 aliphatic rings. The third-order valence-corrected chi connectivity index (χ3v) is 4.53. The number of hydrogen-bond acceptors (Lipinski definition) is 3. The van der Waals surface area contributed by atoms with Gasteiger partial charge in [-0.15, -0.1) is 0 Å². The molecule has 0 aliphatic carbocycles. The van der Waals surface area contributed by atoms with Crippen molar-refractivity contribution in [1.82, 2.24) is 5.32 Å². The lowest BCUT2D eigenvalue weighted by atomic mass is 10.1. The zero-order valence-corrected chi connectivity index (χ0v) is 15.3. The molecule has 4 nitrogen and oxygen atoms in total. The maximum atomic E-state index is 12.7. The minimum absolute atomic E-state index is 0.250. The van der Waals surface area contributed by atoms with E-state index in [0.29, 0.717) is 15.6 Å². The maximum absolute atomic E-state index is 12.7.